The maximum absolute atomic E-state index is 12.7. The molecule has 0 unspecified atom stereocenters. The van der Waals surface area contributed by atoms with Gasteiger partial charge < -0.3 is 9.32 Å². The molecule has 0 aliphatic carbocycles. The summed E-state index contributed by atoms with van der Waals surface area (Å²) in [6.07, 6.45) is 4.99. The van der Waals surface area contributed by atoms with Crippen LogP contribution in [0.1, 0.15) is 26.2 Å². The van der Waals surface area contributed by atoms with Gasteiger partial charge in [-0.15, -0.1) is 10.2 Å². The SMILES string of the molecule is C[C@@H]1CCCCN1C(=O)CSc1nnc(-c2ccco2)n1-c1ccccc1. The molecule has 140 valence electrons. The molecular formula is C20H22N4O2S. The first-order valence-electron chi connectivity index (χ1n) is 9.21. The summed E-state index contributed by atoms with van der Waals surface area (Å²) in [6.45, 7) is 2.98. The smallest absolute Gasteiger partial charge is 0.233 e. The zero-order valence-corrected chi connectivity index (χ0v) is 16.1. The Morgan fingerprint density at radius 2 is 2.04 bits per heavy atom. The van der Waals surface area contributed by atoms with Crippen LogP contribution in [0.2, 0.25) is 0 Å². The van der Waals surface area contributed by atoms with E-state index in [9.17, 15) is 4.79 Å². The van der Waals surface area contributed by atoms with Gasteiger partial charge in [-0.3, -0.25) is 9.36 Å². The van der Waals surface area contributed by atoms with Gasteiger partial charge in [0.2, 0.25) is 11.7 Å². The summed E-state index contributed by atoms with van der Waals surface area (Å²) in [6, 6.07) is 13.9. The number of carbonyl (C=O) groups excluding carboxylic acids is 1. The standard InChI is InChI=1S/C20H22N4O2S/c1-15-8-5-6-12-23(15)18(25)14-27-20-22-21-19(17-11-7-13-26-17)24(20)16-9-3-2-4-10-16/h2-4,7,9-11,13,15H,5-6,8,12,14H2,1H3/t15-/m1/s1. The van der Waals surface area contributed by atoms with Crippen molar-refractivity contribution < 1.29 is 9.21 Å². The van der Waals surface area contributed by atoms with Crippen molar-refractivity contribution in [2.24, 2.45) is 0 Å². The number of piperidine rings is 1. The van der Waals surface area contributed by atoms with Crippen molar-refractivity contribution in [3.8, 4) is 17.3 Å². The summed E-state index contributed by atoms with van der Waals surface area (Å²) in [5.74, 6) is 1.80. The summed E-state index contributed by atoms with van der Waals surface area (Å²) in [7, 11) is 0. The number of carbonyl (C=O) groups is 1. The number of furan rings is 1. The molecule has 1 aromatic carbocycles. The molecule has 0 radical (unpaired) electrons. The van der Waals surface area contributed by atoms with Crippen LogP contribution in [0.25, 0.3) is 17.3 Å². The average Bonchev–Trinajstić information content (AvgIpc) is 3.36. The third-order valence-electron chi connectivity index (χ3n) is 4.84. The lowest BCUT2D eigenvalue weighted by Gasteiger charge is -2.33. The van der Waals surface area contributed by atoms with Crippen LogP contribution in [0, 0.1) is 0 Å². The van der Waals surface area contributed by atoms with Crippen molar-refractivity contribution in [2.45, 2.75) is 37.4 Å². The fourth-order valence-electron chi connectivity index (χ4n) is 3.42. The molecule has 1 aliphatic heterocycles. The highest BCUT2D eigenvalue weighted by atomic mass is 32.2. The molecule has 1 fully saturated rings. The van der Waals surface area contributed by atoms with Gasteiger partial charge in [-0.25, -0.2) is 0 Å². The molecule has 0 saturated carbocycles. The molecular weight excluding hydrogens is 360 g/mol. The number of thioether (sulfide) groups is 1. The lowest BCUT2D eigenvalue weighted by molar-refractivity contribution is -0.131. The van der Waals surface area contributed by atoms with Crippen LogP contribution in [-0.2, 0) is 4.79 Å². The number of nitrogens with zero attached hydrogens (tertiary/aromatic N) is 4. The van der Waals surface area contributed by atoms with Crippen LogP contribution in [-0.4, -0.2) is 43.9 Å². The van der Waals surface area contributed by atoms with Crippen molar-refractivity contribution in [3.05, 3.63) is 48.7 Å². The van der Waals surface area contributed by atoms with Crippen LogP contribution in [0.15, 0.2) is 58.3 Å². The van der Waals surface area contributed by atoms with E-state index >= 15 is 0 Å². The molecule has 1 saturated heterocycles. The van der Waals surface area contributed by atoms with Crippen molar-refractivity contribution in [3.63, 3.8) is 0 Å². The number of aromatic nitrogens is 3. The van der Waals surface area contributed by atoms with Crippen molar-refractivity contribution in [1.29, 1.82) is 0 Å². The third kappa shape index (κ3) is 3.78. The largest absolute Gasteiger partial charge is 0.461 e. The maximum atomic E-state index is 12.7. The number of rotatable bonds is 5. The Bertz CT molecular complexity index is 892. The molecule has 3 heterocycles. The summed E-state index contributed by atoms with van der Waals surface area (Å²) in [4.78, 5) is 14.7. The number of para-hydroxylation sites is 1. The summed E-state index contributed by atoms with van der Waals surface area (Å²) in [5, 5.41) is 9.33. The first kappa shape index (κ1) is 17.9. The van der Waals surface area contributed by atoms with Crippen molar-refractivity contribution >= 4 is 17.7 Å². The van der Waals surface area contributed by atoms with Gasteiger partial charge in [0.15, 0.2) is 10.9 Å². The highest BCUT2D eigenvalue weighted by Crippen LogP contribution is 2.28. The fourth-order valence-corrected chi connectivity index (χ4v) is 4.25. The Morgan fingerprint density at radius 1 is 1.19 bits per heavy atom. The van der Waals surface area contributed by atoms with Crippen LogP contribution >= 0.6 is 11.8 Å². The van der Waals surface area contributed by atoms with E-state index in [1.807, 2.05) is 51.9 Å². The molecule has 1 aliphatic rings. The zero-order valence-electron chi connectivity index (χ0n) is 15.2. The molecule has 7 heteroatoms. The van der Waals surface area contributed by atoms with Crippen LogP contribution in [0.3, 0.4) is 0 Å². The molecule has 0 N–H and O–H groups in total. The molecule has 1 atom stereocenters. The second-order valence-corrected chi connectivity index (χ2v) is 7.62. The van der Waals surface area contributed by atoms with Gasteiger partial charge in [0.25, 0.3) is 0 Å². The highest BCUT2D eigenvalue weighted by molar-refractivity contribution is 7.99. The molecule has 27 heavy (non-hydrogen) atoms. The normalized spacial score (nSPS) is 17.2. The lowest BCUT2D eigenvalue weighted by Crippen LogP contribution is -2.42. The maximum Gasteiger partial charge on any atom is 0.233 e. The molecule has 3 aromatic rings. The number of hydrogen-bond acceptors (Lipinski definition) is 5. The van der Waals surface area contributed by atoms with Gasteiger partial charge in [-0.2, -0.15) is 0 Å². The van der Waals surface area contributed by atoms with E-state index in [1.54, 1.807) is 6.26 Å². The second-order valence-electron chi connectivity index (χ2n) is 6.68. The predicted octanol–water partition coefficient (Wildman–Crippen LogP) is 4.02. The van der Waals surface area contributed by atoms with Crippen molar-refractivity contribution in [2.75, 3.05) is 12.3 Å². The summed E-state index contributed by atoms with van der Waals surface area (Å²) < 4.78 is 7.46. The minimum absolute atomic E-state index is 0.161. The van der Waals surface area contributed by atoms with Crippen LogP contribution in [0.4, 0.5) is 0 Å². The van der Waals surface area contributed by atoms with E-state index in [-0.39, 0.29) is 5.91 Å². The van der Waals surface area contributed by atoms with Gasteiger partial charge in [-0.1, -0.05) is 30.0 Å². The number of amides is 1. The van der Waals surface area contributed by atoms with Gasteiger partial charge in [-0.05, 0) is 50.5 Å². The Morgan fingerprint density at radius 3 is 2.78 bits per heavy atom. The van der Waals surface area contributed by atoms with E-state index in [0.717, 1.165) is 25.1 Å². The zero-order chi connectivity index (χ0) is 18.6. The monoisotopic (exact) mass is 382 g/mol. The van der Waals surface area contributed by atoms with Crippen molar-refractivity contribution in [1.82, 2.24) is 19.7 Å². The Hall–Kier alpha value is -2.54. The minimum atomic E-state index is 0.161. The van der Waals surface area contributed by atoms with E-state index in [4.69, 9.17) is 4.42 Å². The number of benzene rings is 1. The number of likely N-dealkylation sites (tertiary alicyclic amines) is 1. The first-order chi connectivity index (χ1) is 13.2. The molecule has 2 aromatic heterocycles. The molecule has 4 rings (SSSR count). The summed E-state index contributed by atoms with van der Waals surface area (Å²) in [5.41, 5.74) is 0.940. The topological polar surface area (TPSA) is 64.2 Å². The van der Waals surface area contributed by atoms with Gasteiger partial charge in [0.1, 0.15) is 0 Å². The fraction of sp³-hybridized carbons (Fsp3) is 0.350. The van der Waals surface area contributed by atoms with Crippen LogP contribution in [0.5, 0.6) is 0 Å². The molecule has 6 nitrogen and oxygen atoms in total. The van der Waals surface area contributed by atoms with E-state index in [2.05, 4.69) is 17.1 Å². The second kappa shape index (κ2) is 8.00. The van der Waals surface area contributed by atoms with E-state index < -0.39 is 0 Å². The minimum Gasteiger partial charge on any atom is -0.461 e. The lowest BCUT2D eigenvalue weighted by atomic mass is 10.0. The Kier molecular flexibility index (Phi) is 5.29. The summed E-state index contributed by atoms with van der Waals surface area (Å²) >= 11 is 1.42. The van der Waals surface area contributed by atoms with Gasteiger partial charge in [0, 0.05) is 18.3 Å². The van der Waals surface area contributed by atoms with Gasteiger partial charge >= 0.3 is 0 Å². The average molecular weight is 382 g/mol. The first-order valence-corrected chi connectivity index (χ1v) is 10.2. The quantitative estimate of drug-likeness (QED) is 0.624. The predicted molar refractivity (Wildman–Crippen MR) is 105 cm³/mol. The Balaban J connectivity index is 1.58. The highest BCUT2D eigenvalue weighted by Gasteiger charge is 2.24. The molecule has 1 amide bonds. The number of hydrogen-bond donors (Lipinski definition) is 0. The molecule has 0 bridgehead atoms. The van der Waals surface area contributed by atoms with Crippen LogP contribution < -0.4 is 0 Å². The van der Waals surface area contributed by atoms with E-state index in [0.29, 0.717) is 28.5 Å². The van der Waals surface area contributed by atoms with E-state index in [1.165, 1.54) is 18.2 Å². The van der Waals surface area contributed by atoms with Gasteiger partial charge in [0.05, 0.1) is 12.0 Å². The molecule has 0 spiro atoms. The Labute approximate surface area is 162 Å². The third-order valence-corrected chi connectivity index (χ3v) is 5.75.